The number of hydrogen-bond acceptors (Lipinski definition) is 3. The zero-order valence-electron chi connectivity index (χ0n) is 51.7. The molecule has 0 aliphatic carbocycles. The number of ether oxygens (including phenoxy) is 1. The molecular weight excluding hydrogens is 1180 g/mol. The maximum Gasteiger partial charge on any atom is 0.130 e. The van der Waals surface area contributed by atoms with Crippen LogP contribution in [0.15, 0.2) is 356 Å². The van der Waals surface area contributed by atoms with Crippen molar-refractivity contribution in [2.24, 2.45) is 0 Å². The first kappa shape index (κ1) is 58.6. The third-order valence-corrected chi connectivity index (χ3v) is 17.5. The molecule has 442 valence electrons. The van der Waals surface area contributed by atoms with Crippen molar-refractivity contribution in [3.05, 3.63) is 362 Å². The molecule has 0 saturated carbocycles. The molecule has 92 heavy (non-hydrogen) atoms. The maximum absolute atomic E-state index is 7.08. The Morgan fingerprint density at radius 2 is 0.554 bits per heavy atom. The van der Waals surface area contributed by atoms with Crippen LogP contribution in [0.5, 0.6) is 11.5 Å². The lowest BCUT2D eigenvalue weighted by Gasteiger charge is -2.36. The Bertz CT molecular complexity index is 4720. The van der Waals surface area contributed by atoms with Crippen LogP contribution in [-0.4, -0.2) is 0 Å². The fraction of sp³-hybridized carbons (Fsp3) is 0.0455. The van der Waals surface area contributed by atoms with Gasteiger partial charge in [-0.25, -0.2) is 0 Å². The highest BCUT2D eigenvalue weighted by molar-refractivity contribution is 9.10. The smallest absolute Gasteiger partial charge is 0.130 e. The van der Waals surface area contributed by atoms with E-state index >= 15 is 0 Å². The highest BCUT2D eigenvalue weighted by Crippen LogP contribution is 2.54. The second-order valence-electron chi connectivity index (χ2n) is 24.3. The molecule has 0 heterocycles. The monoisotopic (exact) mass is 1250 g/mol. The molecule has 0 aliphatic heterocycles. The van der Waals surface area contributed by atoms with Gasteiger partial charge in [-0.2, -0.15) is 0 Å². The number of benzene rings is 14. The molecule has 0 aliphatic rings. The van der Waals surface area contributed by atoms with Gasteiger partial charge in [0.15, 0.2) is 0 Å². The molecule has 0 unspecified atom stereocenters. The van der Waals surface area contributed by atoms with E-state index < -0.39 is 0 Å². The Morgan fingerprint density at radius 1 is 0.239 bits per heavy atom. The van der Waals surface area contributed by atoms with E-state index in [1.54, 1.807) is 0 Å². The first-order valence-electron chi connectivity index (χ1n) is 31.4. The standard InChI is InChI=1S/C88H67BrN2O/c1-88(2,3)74-56-77(90(76-48-28-46-70(50-76)62-30-12-4-13-31-62)86-82(66-38-20-8-21-39-66)52-72(64-34-16-6-17-35-64)53-83(86)67-40-22-9-23-41-67)60-78(57-74)91(79-58-75(89)59-81(61-79)92-80-49-29-47-71(51-80)63-32-14-5-15-33-63)87-84(68-42-24-10-25-43-68)54-73(65-36-18-7-19-37-65)55-85(87)69-44-26-11-27-45-69/h4-61H,1-3H3. The Hall–Kier alpha value is -11.0. The Balaban J connectivity index is 1.11. The van der Waals surface area contributed by atoms with Crippen LogP contribution >= 0.6 is 15.9 Å². The van der Waals surface area contributed by atoms with Crippen LogP contribution in [0, 0.1) is 0 Å². The second-order valence-corrected chi connectivity index (χ2v) is 25.2. The van der Waals surface area contributed by atoms with Gasteiger partial charge < -0.3 is 14.5 Å². The van der Waals surface area contributed by atoms with Gasteiger partial charge >= 0.3 is 0 Å². The SMILES string of the molecule is CC(C)(C)c1cc(N(c2cc(Br)cc(Oc3cccc(-c4ccccc4)c3)c2)c2c(-c3ccccc3)cc(-c3ccccc3)cc2-c2ccccc2)cc(N(c2cccc(-c3ccccc3)c2)c2c(-c3ccccc3)cc(-c3ccccc3)cc2-c2ccccc2)c1. The van der Waals surface area contributed by atoms with Gasteiger partial charge in [0, 0.05) is 49.9 Å². The number of nitrogens with zero attached hydrogens (tertiary/aromatic N) is 2. The van der Waals surface area contributed by atoms with Gasteiger partial charge in [-0.1, -0.05) is 304 Å². The largest absolute Gasteiger partial charge is 0.457 e. The quantitative estimate of drug-likeness (QED) is 0.0959. The van der Waals surface area contributed by atoms with Crippen LogP contribution < -0.4 is 14.5 Å². The fourth-order valence-electron chi connectivity index (χ4n) is 12.5. The molecule has 0 amide bonds. The molecule has 0 spiro atoms. The van der Waals surface area contributed by atoms with Crippen LogP contribution in [0.4, 0.5) is 34.1 Å². The predicted molar refractivity (Wildman–Crippen MR) is 392 cm³/mol. The van der Waals surface area contributed by atoms with Crippen molar-refractivity contribution in [3.63, 3.8) is 0 Å². The fourth-order valence-corrected chi connectivity index (χ4v) is 13.0. The van der Waals surface area contributed by atoms with Crippen molar-refractivity contribution < 1.29 is 4.74 Å². The maximum atomic E-state index is 7.08. The zero-order valence-corrected chi connectivity index (χ0v) is 53.3. The summed E-state index contributed by atoms with van der Waals surface area (Å²) >= 11 is 4.10. The van der Waals surface area contributed by atoms with Gasteiger partial charge in [-0.05, 0) is 157 Å². The Labute approximate surface area is 549 Å². The lowest BCUT2D eigenvalue weighted by Crippen LogP contribution is -2.19. The summed E-state index contributed by atoms with van der Waals surface area (Å²) in [7, 11) is 0. The molecule has 14 aromatic carbocycles. The van der Waals surface area contributed by atoms with Crippen LogP contribution in [0.3, 0.4) is 0 Å². The van der Waals surface area contributed by atoms with E-state index in [9.17, 15) is 0 Å². The minimum absolute atomic E-state index is 0.354. The summed E-state index contributed by atoms with van der Waals surface area (Å²) in [5, 5.41) is 0. The molecule has 0 N–H and O–H groups in total. The lowest BCUT2D eigenvalue weighted by atomic mass is 9.85. The van der Waals surface area contributed by atoms with Crippen molar-refractivity contribution >= 4 is 50.1 Å². The summed E-state index contributed by atoms with van der Waals surface area (Å²) in [4.78, 5) is 5.02. The molecule has 0 fully saturated rings. The van der Waals surface area contributed by atoms with Crippen LogP contribution in [0.1, 0.15) is 26.3 Å². The van der Waals surface area contributed by atoms with E-state index in [1.165, 1.54) is 0 Å². The number of rotatable bonds is 16. The van der Waals surface area contributed by atoms with Gasteiger partial charge in [0.25, 0.3) is 0 Å². The van der Waals surface area contributed by atoms with E-state index in [1.807, 2.05) is 6.07 Å². The van der Waals surface area contributed by atoms with Crippen molar-refractivity contribution in [2.45, 2.75) is 26.2 Å². The average molecular weight is 1250 g/mol. The average Bonchev–Trinajstić information content (AvgIpc) is 0.757. The molecule has 0 atom stereocenters. The van der Waals surface area contributed by atoms with E-state index in [4.69, 9.17) is 4.74 Å². The minimum Gasteiger partial charge on any atom is -0.457 e. The molecule has 0 saturated heterocycles. The molecule has 4 heteroatoms. The van der Waals surface area contributed by atoms with Gasteiger partial charge in [-0.3, -0.25) is 0 Å². The third kappa shape index (κ3) is 12.6. The normalized spacial score (nSPS) is 11.3. The van der Waals surface area contributed by atoms with Gasteiger partial charge in [0.05, 0.1) is 17.1 Å². The van der Waals surface area contributed by atoms with Crippen molar-refractivity contribution in [3.8, 4) is 101 Å². The third-order valence-electron chi connectivity index (χ3n) is 17.0. The first-order valence-corrected chi connectivity index (χ1v) is 32.2. The molecule has 14 rings (SSSR count). The summed E-state index contributed by atoms with van der Waals surface area (Å²) in [5.41, 5.74) is 24.3. The van der Waals surface area contributed by atoms with Gasteiger partial charge in [0.2, 0.25) is 0 Å². The number of anilines is 6. The van der Waals surface area contributed by atoms with Crippen molar-refractivity contribution in [1.29, 1.82) is 0 Å². The Morgan fingerprint density at radius 3 is 0.935 bits per heavy atom. The first-order chi connectivity index (χ1) is 45.1. The lowest BCUT2D eigenvalue weighted by molar-refractivity contribution is 0.482. The van der Waals surface area contributed by atoms with Crippen LogP contribution in [0.2, 0.25) is 0 Å². The van der Waals surface area contributed by atoms with Gasteiger partial charge in [0.1, 0.15) is 11.5 Å². The van der Waals surface area contributed by atoms with Crippen LogP contribution in [-0.2, 0) is 5.41 Å². The highest BCUT2D eigenvalue weighted by Gasteiger charge is 2.30. The summed E-state index contributed by atoms with van der Waals surface area (Å²) in [6, 6.07) is 127. The highest BCUT2D eigenvalue weighted by atomic mass is 79.9. The van der Waals surface area contributed by atoms with Crippen LogP contribution in [0.25, 0.3) is 89.0 Å². The molecule has 0 radical (unpaired) electrons. The topological polar surface area (TPSA) is 15.7 Å². The predicted octanol–water partition coefficient (Wildman–Crippen LogP) is 25.8. The molecule has 0 bridgehead atoms. The number of hydrogen-bond donors (Lipinski definition) is 0. The second kappa shape index (κ2) is 26.2. The molecule has 14 aromatic rings. The van der Waals surface area contributed by atoms with E-state index in [2.05, 4.69) is 392 Å². The minimum atomic E-state index is -0.354. The van der Waals surface area contributed by atoms with E-state index in [0.29, 0.717) is 5.75 Å². The summed E-state index contributed by atoms with van der Waals surface area (Å²) in [5.74, 6) is 1.41. The number of halogens is 1. The van der Waals surface area contributed by atoms with Gasteiger partial charge in [-0.15, -0.1) is 0 Å². The summed E-state index contributed by atoms with van der Waals surface area (Å²) < 4.78 is 7.94. The molecule has 3 nitrogen and oxygen atoms in total. The summed E-state index contributed by atoms with van der Waals surface area (Å²) in [6.07, 6.45) is 0. The van der Waals surface area contributed by atoms with E-state index in [0.717, 1.165) is 139 Å². The van der Waals surface area contributed by atoms with Crippen molar-refractivity contribution in [1.82, 2.24) is 0 Å². The zero-order chi connectivity index (χ0) is 62.4. The molecular formula is C88H67BrN2O. The molecule has 0 aromatic heterocycles. The summed E-state index contributed by atoms with van der Waals surface area (Å²) in [6.45, 7) is 6.98. The van der Waals surface area contributed by atoms with Crippen molar-refractivity contribution in [2.75, 3.05) is 9.80 Å². The Kier molecular flexibility index (Phi) is 16.7. The van der Waals surface area contributed by atoms with E-state index in [-0.39, 0.29) is 5.41 Å².